The molecule has 0 bridgehead atoms. The molecule has 7 heteroatoms. The van der Waals surface area contributed by atoms with Crippen molar-refractivity contribution in [1.82, 2.24) is 5.32 Å². The second kappa shape index (κ2) is 8.08. The van der Waals surface area contributed by atoms with Gasteiger partial charge in [-0.05, 0) is 34.1 Å². The van der Waals surface area contributed by atoms with E-state index in [1.54, 1.807) is 0 Å². The number of halogens is 2. The van der Waals surface area contributed by atoms with Crippen molar-refractivity contribution in [3.8, 4) is 5.75 Å². The van der Waals surface area contributed by atoms with E-state index in [0.717, 1.165) is 0 Å². The quantitative estimate of drug-likeness (QED) is 0.782. The maximum absolute atomic E-state index is 12.8. The molecule has 0 fully saturated rings. The molecule has 0 aromatic heterocycles. The molecular weight excluding hydrogens is 321 g/mol. The Morgan fingerprint density at radius 1 is 1.58 bits per heavy atom. The summed E-state index contributed by atoms with van der Waals surface area (Å²) in [6.45, 7) is -0.243. The Kier molecular flexibility index (Phi) is 6.75. The maximum atomic E-state index is 12.8. The molecule has 106 valence electrons. The van der Waals surface area contributed by atoms with E-state index in [0.29, 0.717) is 10.2 Å². The molecule has 5 nitrogen and oxygen atoms in total. The predicted octanol–water partition coefficient (Wildman–Crippen LogP) is 1.09. The lowest BCUT2D eigenvalue weighted by atomic mass is 10.3. The van der Waals surface area contributed by atoms with Gasteiger partial charge in [0.1, 0.15) is 11.6 Å². The lowest BCUT2D eigenvalue weighted by molar-refractivity contribution is -0.124. The van der Waals surface area contributed by atoms with E-state index in [2.05, 4.69) is 21.2 Å². The normalized spacial score (nSPS) is 12.0. The zero-order chi connectivity index (χ0) is 14.3. The van der Waals surface area contributed by atoms with Crippen LogP contribution in [0.15, 0.2) is 22.7 Å². The first kappa shape index (κ1) is 15.9. The van der Waals surface area contributed by atoms with E-state index >= 15 is 0 Å². The van der Waals surface area contributed by atoms with Gasteiger partial charge in [0.05, 0.1) is 23.7 Å². The minimum absolute atomic E-state index is 0.211. The van der Waals surface area contributed by atoms with Gasteiger partial charge in [0.25, 0.3) is 5.91 Å². The molecule has 0 saturated heterocycles. The summed E-state index contributed by atoms with van der Waals surface area (Å²) in [5.41, 5.74) is 0. The molecule has 0 aliphatic heterocycles. The van der Waals surface area contributed by atoms with Crippen LogP contribution in [-0.4, -0.2) is 44.0 Å². The van der Waals surface area contributed by atoms with Crippen LogP contribution in [0.3, 0.4) is 0 Å². The number of carbonyl (C=O) groups excluding carboxylic acids is 1. The van der Waals surface area contributed by atoms with Crippen LogP contribution in [0.5, 0.6) is 5.75 Å². The summed E-state index contributed by atoms with van der Waals surface area (Å²) in [6.07, 6.45) is 0. The molecule has 1 atom stereocenters. The second-order valence-electron chi connectivity index (χ2n) is 3.77. The Labute approximate surface area is 118 Å². The minimum Gasteiger partial charge on any atom is -0.483 e. The summed E-state index contributed by atoms with van der Waals surface area (Å²) < 4.78 is 23.3. The van der Waals surface area contributed by atoms with Crippen LogP contribution >= 0.6 is 15.9 Å². The average molecular weight is 336 g/mol. The molecule has 19 heavy (non-hydrogen) atoms. The maximum Gasteiger partial charge on any atom is 0.258 e. The number of carbonyl (C=O) groups is 1. The van der Waals surface area contributed by atoms with Crippen molar-refractivity contribution >= 4 is 21.8 Å². The van der Waals surface area contributed by atoms with Crippen LogP contribution in [0.4, 0.5) is 4.39 Å². The van der Waals surface area contributed by atoms with Gasteiger partial charge in [-0.1, -0.05) is 0 Å². The van der Waals surface area contributed by atoms with E-state index in [4.69, 9.17) is 14.6 Å². The van der Waals surface area contributed by atoms with Crippen molar-refractivity contribution in [2.45, 2.75) is 6.04 Å². The zero-order valence-corrected chi connectivity index (χ0v) is 11.9. The number of benzene rings is 1. The summed E-state index contributed by atoms with van der Waals surface area (Å²) in [6, 6.07) is 3.43. The molecule has 0 aliphatic rings. The van der Waals surface area contributed by atoms with E-state index in [9.17, 15) is 9.18 Å². The van der Waals surface area contributed by atoms with Gasteiger partial charge >= 0.3 is 0 Å². The highest BCUT2D eigenvalue weighted by Crippen LogP contribution is 2.25. The van der Waals surface area contributed by atoms with Crippen molar-refractivity contribution in [2.75, 3.05) is 26.9 Å². The van der Waals surface area contributed by atoms with Crippen LogP contribution in [0, 0.1) is 5.82 Å². The van der Waals surface area contributed by atoms with Crippen molar-refractivity contribution in [3.63, 3.8) is 0 Å². The molecule has 1 unspecified atom stereocenters. The first-order valence-corrected chi connectivity index (χ1v) is 6.33. The third-order valence-corrected chi connectivity index (χ3v) is 2.83. The molecule has 2 N–H and O–H groups in total. The van der Waals surface area contributed by atoms with Gasteiger partial charge in [0.15, 0.2) is 6.61 Å². The van der Waals surface area contributed by atoms with Crippen molar-refractivity contribution in [3.05, 3.63) is 28.5 Å². The lowest BCUT2D eigenvalue weighted by Crippen LogP contribution is -2.42. The highest BCUT2D eigenvalue weighted by Gasteiger charge is 2.12. The molecule has 1 rings (SSSR count). The monoisotopic (exact) mass is 335 g/mol. The number of ether oxygens (including phenoxy) is 2. The van der Waals surface area contributed by atoms with Gasteiger partial charge in [0.2, 0.25) is 0 Å². The van der Waals surface area contributed by atoms with E-state index in [1.807, 2.05) is 0 Å². The van der Waals surface area contributed by atoms with Gasteiger partial charge in [-0.15, -0.1) is 0 Å². The minimum atomic E-state index is -0.474. The number of hydrogen-bond acceptors (Lipinski definition) is 4. The molecule has 1 aromatic rings. The highest BCUT2D eigenvalue weighted by atomic mass is 79.9. The Bertz CT molecular complexity index is 430. The Balaban J connectivity index is 2.45. The fraction of sp³-hybridized carbons (Fsp3) is 0.417. The number of hydrogen-bond donors (Lipinski definition) is 2. The standard InChI is InChI=1S/C12H15BrFNO4/c1-18-6-9(5-16)15-12(17)7-19-11-3-2-8(14)4-10(11)13/h2-4,9,16H,5-7H2,1H3,(H,15,17). The average Bonchev–Trinajstić information content (AvgIpc) is 2.37. The number of nitrogens with one attached hydrogen (secondary N) is 1. The molecule has 1 amide bonds. The topological polar surface area (TPSA) is 67.8 Å². The number of aliphatic hydroxyl groups excluding tert-OH is 1. The van der Waals surface area contributed by atoms with Gasteiger partial charge in [-0.3, -0.25) is 4.79 Å². The first-order valence-electron chi connectivity index (χ1n) is 5.53. The summed E-state index contributed by atoms with van der Waals surface area (Å²) in [4.78, 5) is 11.5. The van der Waals surface area contributed by atoms with Crippen LogP contribution in [0.2, 0.25) is 0 Å². The fourth-order valence-corrected chi connectivity index (χ4v) is 1.81. The third-order valence-electron chi connectivity index (χ3n) is 2.21. The summed E-state index contributed by atoms with van der Waals surface area (Å²) in [5, 5.41) is 11.5. The zero-order valence-electron chi connectivity index (χ0n) is 10.4. The van der Waals surface area contributed by atoms with Gasteiger partial charge in [-0.2, -0.15) is 0 Å². The molecule has 0 radical (unpaired) electrons. The molecule has 0 heterocycles. The summed E-state index contributed by atoms with van der Waals surface area (Å²) in [7, 11) is 1.47. The van der Waals surface area contributed by atoms with Gasteiger partial charge in [0, 0.05) is 7.11 Å². The van der Waals surface area contributed by atoms with E-state index < -0.39 is 17.8 Å². The molecule has 1 aromatic carbocycles. The van der Waals surface area contributed by atoms with Crippen molar-refractivity contribution in [1.29, 1.82) is 0 Å². The van der Waals surface area contributed by atoms with Gasteiger partial charge < -0.3 is 19.9 Å². The Morgan fingerprint density at radius 3 is 2.89 bits per heavy atom. The number of amides is 1. The van der Waals surface area contributed by atoms with E-state index in [-0.39, 0.29) is 19.8 Å². The van der Waals surface area contributed by atoms with Crippen LogP contribution in [0.25, 0.3) is 0 Å². The Morgan fingerprint density at radius 2 is 2.32 bits per heavy atom. The molecule has 0 saturated carbocycles. The molecule has 0 aliphatic carbocycles. The molecular formula is C12H15BrFNO4. The number of rotatable bonds is 7. The first-order chi connectivity index (χ1) is 9.06. The van der Waals surface area contributed by atoms with Crippen molar-refractivity contribution in [2.24, 2.45) is 0 Å². The molecule has 0 spiro atoms. The fourth-order valence-electron chi connectivity index (χ4n) is 1.35. The largest absolute Gasteiger partial charge is 0.483 e. The number of methoxy groups -OCH3 is 1. The number of aliphatic hydroxyl groups is 1. The smallest absolute Gasteiger partial charge is 0.258 e. The third kappa shape index (κ3) is 5.54. The summed E-state index contributed by atoms with van der Waals surface area (Å²) >= 11 is 3.13. The van der Waals surface area contributed by atoms with Crippen LogP contribution < -0.4 is 10.1 Å². The Hall–Kier alpha value is -1.18. The van der Waals surface area contributed by atoms with E-state index in [1.165, 1.54) is 25.3 Å². The van der Waals surface area contributed by atoms with Gasteiger partial charge in [-0.25, -0.2) is 4.39 Å². The van der Waals surface area contributed by atoms with Crippen LogP contribution in [-0.2, 0) is 9.53 Å². The SMILES string of the molecule is COCC(CO)NC(=O)COc1ccc(F)cc1Br. The van der Waals surface area contributed by atoms with Crippen LogP contribution in [0.1, 0.15) is 0 Å². The van der Waals surface area contributed by atoms with Crippen molar-refractivity contribution < 1.29 is 23.8 Å². The lowest BCUT2D eigenvalue weighted by Gasteiger charge is -2.15. The highest BCUT2D eigenvalue weighted by molar-refractivity contribution is 9.10. The summed E-state index contributed by atoms with van der Waals surface area (Å²) in [5.74, 6) is -0.430. The predicted molar refractivity (Wildman–Crippen MR) is 70.5 cm³/mol. The second-order valence-corrected chi connectivity index (χ2v) is 4.62.